The number of rotatable bonds is 3. The topological polar surface area (TPSA) is 17.1 Å². The van der Waals surface area contributed by atoms with Crippen LogP contribution in [0.1, 0.15) is 15.9 Å². The Hall–Kier alpha value is -3.78. The van der Waals surface area contributed by atoms with Crippen LogP contribution in [-0.4, -0.2) is 5.78 Å². The van der Waals surface area contributed by atoms with Crippen LogP contribution < -0.4 is 0 Å². The zero-order chi connectivity index (χ0) is 29.1. The molecular weight excluding hydrogens is 597 g/mol. The zero-order valence-electron chi connectivity index (χ0n) is 20.9. The SMILES string of the molecule is F[P-](F)(F)(F)(F)F.O=C(c1ccccc1)c1ccc2sc3ccc(-[s+]4c5ccccc5c5ccccc54)cc3c2c1. The van der Waals surface area contributed by atoms with E-state index in [1.807, 2.05) is 36.4 Å². The molecule has 0 atom stereocenters. The summed E-state index contributed by atoms with van der Waals surface area (Å²) in [5.74, 6) is 0.0681. The number of benzene rings is 5. The van der Waals surface area contributed by atoms with Gasteiger partial charge < -0.3 is 0 Å². The van der Waals surface area contributed by atoms with Gasteiger partial charge in [0.2, 0.25) is 0 Å². The molecule has 0 saturated carbocycles. The van der Waals surface area contributed by atoms with Crippen molar-refractivity contribution in [3.8, 4) is 4.90 Å². The van der Waals surface area contributed by atoms with E-state index in [4.69, 9.17) is 0 Å². The monoisotopic (exact) mass is 616 g/mol. The van der Waals surface area contributed by atoms with Gasteiger partial charge >= 0.3 is 33.0 Å². The largest absolute Gasteiger partial charge is 0.289 e. The molecule has 0 saturated heterocycles. The number of carbonyl (C=O) groups is 1. The van der Waals surface area contributed by atoms with Crippen molar-refractivity contribution in [1.82, 2.24) is 0 Å². The Morgan fingerprint density at radius 1 is 0.537 bits per heavy atom. The second kappa shape index (κ2) is 9.11. The van der Waals surface area contributed by atoms with Gasteiger partial charge in [-0.25, -0.2) is 0 Å². The molecule has 10 heteroatoms. The van der Waals surface area contributed by atoms with E-state index in [2.05, 4.69) is 78.9 Å². The molecule has 7 aromatic rings. The van der Waals surface area contributed by atoms with Gasteiger partial charge in [-0.15, -0.1) is 11.3 Å². The van der Waals surface area contributed by atoms with Crippen molar-refractivity contribution in [2.75, 3.05) is 0 Å². The summed E-state index contributed by atoms with van der Waals surface area (Å²) < 4.78 is 64.4. The molecule has 41 heavy (non-hydrogen) atoms. The van der Waals surface area contributed by atoms with Crippen molar-refractivity contribution < 1.29 is 30.0 Å². The van der Waals surface area contributed by atoms with Crippen LogP contribution in [0.25, 0.3) is 45.2 Å². The third kappa shape index (κ3) is 5.98. The third-order valence-corrected chi connectivity index (χ3v) is 9.95. The number of hydrogen-bond acceptors (Lipinski definition) is 2. The maximum Gasteiger partial charge on any atom is 0.193 e. The number of ketones is 1. The molecule has 208 valence electrons. The Kier molecular flexibility index (Phi) is 6.09. The number of thiophene rings is 2. The predicted molar refractivity (Wildman–Crippen MR) is 162 cm³/mol. The Bertz CT molecular complexity index is 2050. The van der Waals surface area contributed by atoms with Gasteiger partial charge in [0.05, 0.1) is 0 Å². The fourth-order valence-corrected chi connectivity index (χ4v) is 8.36. The van der Waals surface area contributed by atoms with Crippen molar-refractivity contribution in [2.45, 2.75) is 0 Å². The summed E-state index contributed by atoms with van der Waals surface area (Å²) in [5.41, 5.74) is 1.46. The van der Waals surface area contributed by atoms with Crippen LogP contribution in [0.3, 0.4) is 0 Å². The number of halogens is 6. The minimum absolute atomic E-state index is 0.0681. The summed E-state index contributed by atoms with van der Waals surface area (Å²) in [7, 11) is -10.8. The van der Waals surface area contributed by atoms with Crippen molar-refractivity contribution in [1.29, 1.82) is 0 Å². The molecule has 0 bridgehead atoms. The Labute approximate surface area is 236 Å². The molecule has 0 fully saturated rings. The third-order valence-electron chi connectivity index (χ3n) is 6.48. The molecule has 7 rings (SSSR count). The maximum absolute atomic E-state index is 13.1. The molecule has 0 radical (unpaired) electrons. The normalized spacial score (nSPS) is 13.6. The zero-order valence-corrected chi connectivity index (χ0v) is 23.4. The van der Waals surface area contributed by atoms with Crippen LogP contribution in [-0.2, 0) is 0 Å². The first-order valence-electron chi connectivity index (χ1n) is 12.3. The Balaban J connectivity index is 0.000000387. The molecular formula is C31H19F6OPS2. The van der Waals surface area contributed by atoms with Gasteiger partial charge in [-0.2, -0.15) is 0 Å². The first-order valence-corrected chi connectivity index (χ1v) is 16.3. The number of carbonyl (C=O) groups excluding carboxylic acids is 1. The minimum atomic E-state index is -10.7. The molecule has 0 aliphatic heterocycles. The first-order chi connectivity index (χ1) is 19.2. The van der Waals surface area contributed by atoms with Gasteiger partial charge in [-0.05, 0) is 54.6 Å². The second-order valence-electron chi connectivity index (χ2n) is 9.42. The van der Waals surface area contributed by atoms with E-state index >= 15 is 0 Å². The summed E-state index contributed by atoms with van der Waals surface area (Å²) in [4.78, 5) is 14.4. The van der Waals surface area contributed by atoms with Crippen LogP contribution in [0.4, 0.5) is 25.2 Å². The standard InChI is InChI=1S/C31H19OS2.F6P/c32-31(20-8-2-1-3-9-20)21-14-16-27-25(18-21)26-19-22(15-17-28(26)33-27)34-29-12-6-4-10-23(29)24-11-5-7-13-30(24)34;1-7(2,3,4,5)6/h1-19H;/q+1;-1. The van der Waals surface area contributed by atoms with E-state index in [1.54, 1.807) is 11.3 Å². The average Bonchev–Trinajstić information content (AvgIpc) is 3.46. The van der Waals surface area contributed by atoms with Gasteiger partial charge in [0.25, 0.3) is 0 Å². The predicted octanol–water partition coefficient (Wildman–Crippen LogP) is 12.7. The van der Waals surface area contributed by atoms with Gasteiger partial charge in [0, 0.05) is 58.6 Å². The summed E-state index contributed by atoms with van der Waals surface area (Å²) in [6, 6.07) is 40.1. The fourth-order valence-electron chi connectivity index (χ4n) is 4.89. The quantitative estimate of drug-likeness (QED) is 0.0836. The van der Waals surface area contributed by atoms with E-state index in [0.29, 0.717) is 0 Å². The van der Waals surface area contributed by atoms with Crippen LogP contribution in [0, 0.1) is 0 Å². The van der Waals surface area contributed by atoms with E-state index in [-0.39, 0.29) is 16.3 Å². The molecule has 0 N–H and O–H groups in total. The molecule has 0 amide bonds. The second-order valence-corrected chi connectivity index (χ2v) is 14.4. The van der Waals surface area contributed by atoms with Crippen molar-refractivity contribution >= 4 is 75.7 Å². The summed E-state index contributed by atoms with van der Waals surface area (Å²) in [6.07, 6.45) is 0. The van der Waals surface area contributed by atoms with Gasteiger partial charge in [0.1, 0.15) is 0 Å². The molecule has 2 heterocycles. The van der Waals surface area contributed by atoms with Crippen molar-refractivity contribution in [2.24, 2.45) is 0 Å². The minimum Gasteiger partial charge on any atom is -0.289 e. The molecule has 0 unspecified atom stereocenters. The van der Waals surface area contributed by atoms with Crippen molar-refractivity contribution in [3.63, 3.8) is 0 Å². The number of fused-ring (bicyclic) bond motifs is 6. The molecule has 0 aliphatic rings. The number of hydrogen-bond donors (Lipinski definition) is 0. The van der Waals surface area contributed by atoms with E-state index < -0.39 is 7.81 Å². The molecule has 0 spiro atoms. The average molecular weight is 617 g/mol. The molecule has 2 aromatic heterocycles. The summed E-state index contributed by atoms with van der Waals surface area (Å²) in [6.45, 7) is 0. The summed E-state index contributed by atoms with van der Waals surface area (Å²) in [5, 5.41) is 5.07. The fraction of sp³-hybridized carbons (Fsp3) is 0. The first kappa shape index (κ1) is 27.4. The van der Waals surface area contributed by atoms with E-state index in [9.17, 15) is 30.0 Å². The summed E-state index contributed by atoms with van der Waals surface area (Å²) >= 11 is 1.79. The maximum atomic E-state index is 13.1. The van der Waals surface area contributed by atoms with Crippen LogP contribution in [0.15, 0.2) is 115 Å². The molecule has 0 aliphatic carbocycles. The van der Waals surface area contributed by atoms with Crippen LogP contribution >= 0.6 is 29.6 Å². The van der Waals surface area contributed by atoms with E-state index in [1.165, 1.54) is 39.9 Å². The smallest absolute Gasteiger partial charge is 0.193 e. The van der Waals surface area contributed by atoms with E-state index in [0.717, 1.165) is 16.5 Å². The van der Waals surface area contributed by atoms with Gasteiger partial charge in [0.15, 0.2) is 20.1 Å². The Morgan fingerprint density at radius 3 is 1.61 bits per heavy atom. The molecule has 5 aromatic carbocycles. The Morgan fingerprint density at radius 2 is 1.02 bits per heavy atom. The van der Waals surface area contributed by atoms with Gasteiger partial charge in [-0.1, -0.05) is 54.6 Å². The van der Waals surface area contributed by atoms with Crippen LogP contribution in [0.2, 0.25) is 0 Å². The van der Waals surface area contributed by atoms with Crippen LogP contribution in [0.5, 0.6) is 0 Å². The molecule has 1 nitrogen and oxygen atoms in total. The van der Waals surface area contributed by atoms with Gasteiger partial charge in [-0.3, -0.25) is 4.79 Å². The van der Waals surface area contributed by atoms with Crippen molar-refractivity contribution in [3.05, 3.63) is 126 Å².